The van der Waals surface area contributed by atoms with Crippen LogP contribution in [0.25, 0.3) is 5.70 Å². The van der Waals surface area contributed by atoms with Crippen LogP contribution in [0.2, 0.25) is 0 Å². The van der Waals surface area contributed by atoms with Crippen molar-refractivity contribution in [2.75, 3.05) is 11.6 Å². The lowest BCUT2D eigenvalue weighted by Crippen LogP contribution is -2.41. The lowest BCUT2D eigenvalue weighted by molar-refractivity contribution is 0.693. The molecule has 90 valence electrons. The van der Waals surface area contributed by atoms with Crippen LogP contribution < -0.4 is 10.4 Å². The zero-order valence-electron chi connectivity index (χ0n) is 9.95. The molecule has 0 atom stereocenters. The van der Waals surface area contributed by atoms with Gasteiger partial charge in [-0.2, -0.15) is 0 Å². The molecular formula is C14H14N4. The standard InChI is InChI=1S/C14H14N4/c1-2-6-12(7-3-1)13-8-4-11-18(17-13)14-15-9-5-10-16-14/h1-3,5-10,17H,4,11H2. The second-order valence-electron chi connectivity index (χ2n) is 4.08. The smallest absolute Gasteiger partial charge is 0.244 e. The van der Waals surface area contributed by atoms with E-state index in [9.17, 15) is 0 Å². The fraction of sp³-hybridized carbons (Fsp3) is 0.143. The van der Waals surface area contributed by atoms with Crippen LogP contribution in [0.3, 0.4) is 0 Å². The van der Waals surface area contributed by atoms with Crippen molar-refractivity contribution in [1.29, 1.82) is 0 Å². The second-order valence-corrected chi connectivity index (χ2v) is 4.08. The van der Waals surface area contributed by atoms with Crippen LogP contribution in [-0.4, -0.2) is 16.5 Å². The molecular weight excluding hydrogens is 224 g/mol. The highest BCUT2D eigenvalue weighted by atomic mass is 15.6. The van der Waals surface area contributed by atoms with Crippen LogP contribution in [0, 0.1) is 0 Å². The van der Waals surface area contributed by atoms with Gasteiger partial charge in [0.05, 0.1) is 5.70 Å². The summed E-state index contributed by atoms with van der Waals surface area (Å²) in [5.41, 5.74) is 5.64. The second kappa shape index (κ2) is 4.87. The van der Waals surface area contributed by atoms with E-state index >= 15 is 0 Å². The van der Waals surface area contributed by atoms with Crippen molar-refractivity contribution in [2.45, 2.75) is 6.42 Å². The Morgan fingerprint density at radius 2 is 1.78 bits per heavy atom. The summed E-state index contributed by atoms with van der Waals surface area (Å²) >= 11 is 0. The van der Waals surface area contributed by atoms with E-state index < -0.39 is 0 Å². The molecule has 1 N–H and O–H groups in total. The minimum atomic E-state index is 0.707. The average Bonchev–Trinajstić information content (AvgIpc) is 2.49. The largest absolute Gasteiger partial charge is 0.296 e. The summed E-state index contributed by atoms with van der Waals surface area (Å²) in [5, 5.41) is 1.97. The van der Waals surface area contributed by atoms with Gasteiger partial charge < -0.3 is 0 Å². The Morgan fingerprint density at radius 1 is 1.00 bits per heavy atom. The number of hydrazine groups is 1. The highest BCUT2D eigenvalue weighted by Crippen LogP contribution is 2.18. The molecule has 0 fully saturated rings. The number of benzene rings is 1. The zero-order chi connectivity index (χ0) is 12.2. The van der Waals surface area contributed by atoms with Crippen LogP contribution >= 0.6 is 0 Å². The SMILES string of the molecule is C1=C(c2ccccc2)NN(c2ncccn2)CC1. The molecule has 4 nitrogen and oxygen atoms in total. The molecule has 0 amide bonds. The number of nitrogens with one attached hydrogen (secondary N) is 1. The Kier molecular flexibility index (Phi) is 2.92. The number of aromatic nitrogens is 2. The van der Waals surface area contributed by atoms with Gasteiger partial charge in [-0.25, -0.2) is 9.97 Å². The summed E-state index contributed by atoms with van der Waals surface area (Å²) < 4.78 is 0. The van der Waals surface area contributed by atoms with Crippen molar-refractivity contribution in [1.82, 2.24) is 15.4 Å². The molecule has 1 aromatic heterocycles. The van der Waals surface area contributed by atoms with Crippen LogP contribution in [0.5, 0.6) is 0 Å². The van der Waals surface area contributed by atoms with Crippen molar-refractivity contribution < 1.29 is 0 Å². The van der Waals surface area contributed by atoms with Crippen LogP contribution in [-0.2, 0) is 0 Å². The Morgan fingerprint density at radius 3 is 2.56 bits per heavy atom. The van der Waals surface area contributed by atoms with E-state index in [-0.39, 0.29) is 0 Å². The quantitative estimate of drug-likeness (QED) is 0.871. The van der Waals surface area contributed by atoms with E-state index in [4.69, 9.17) is 0 Å². The Bertz CT molecular complexity index is 536. The van der Waals surface area contributed by atoms with Gasteiger partial charge in [-0.3, -0.25) is 10.4 Å². The third-order valence-electron chi connectivity index (χ3n) is 2.83. The molecule has 0 saturated carbocycles. The summed E-state index contributed by atoms with van der Waals surface area (Å²) in [6.45, 7) is 0.875. The molecule has 1 aliphatic rings. The van der Waals surface area contributed by atoms with E-state index in [1.54, 1.807) is 12.4 Å². The predicted molar refractivity (Wildman–Crippen MR) is 71.5 cm³/mol. The normalized spacial score (nSPS) is 14.9. The van der Waals surface area contributed by atoms with Crippen molar-refractivity contribution in [3.8, 4) is 0 Å². The van der Waals surface area contributed by atoms with E-state index in [2.05, 4.69) is 33.6 Å². The lowest BCUT2D eigenvalue weighted by atomic mass is 10.1. The summed E-state index contributed by atoms with van der Waals surface area (Å²) in [6.07, 6.45) is 6.69. The number of nitrogens with zero attached hydrogens (tertiary/aromatic N) is 3. The molecule has 18 heavy (non-hydrogen) atoms. The molecule has 0 radical (unpaired) electrons. The minimum Gasteiger partial charge on any atom is -0.296 e. The molecule has 2 heterocycles. The third-order valence-corrected chi connectivity index (χ3v) is 2.83. The molecule has 1 aliphatic heterocycles. The molecule has 3 rings (SSSR count). The number of hydrogen-bond donors (Lipinski definition) is 1. The average molecular weight is 238 g/mol. The Balaban J connectivity index is 1.82. The molecule has 0 unspecified atom stereocenters. The zero-order valence-corrected chi connectivity index (χ0v) is 9.95. The van der Waals surface area contributed by atoms with Gasteiger partial charge in [-0.1, -0.05) is 36.4 Å². The first-order chi connectivity index (χ1) is 8.93. The van der Waals surface area contributed by atoms with Crippen molar-refractivity contribution >= 4 is 11.6 Å². The first-order valence-corrected chi connectivity index (χ1v) is 6.00. The first kappa shape index (κ1) is 10.8. The van der Waals surface area contributed by atoms with Gasteiger partial charge in [0, 0.05) is 18.9 Å². The van der Waals surface area contributed by atoms with Crippen molar-refractivity contribution in [3.63, 3.8) is 0 Å². The third kappa shape index (κ3) is 2.18. The van der Waals surface area contributed by atoms with E-state index in [1.165, 1.54) is 5.56 Å². The van der Waals surface area contributed by atoms with E-state index in [1.807, 2.05) is 29.3 Å². The van der Waals surface area contributed by atoms with Gasteiger partial charge >= 0.3 is 0 Å². The van der Waals surface area contributed by atoms with Crippen molar-refractivity contribution in [2.24, 2.45) is 0 Å². The first-order valence-electron chi connectivity index (χ1n) is 6.00. The molecule has 2 aromatic rings. The van der Waals surface area contributed by atoms with Crippen molar-refractivity contribution in [3.05, 3.63) is 60.4 Å². The highest BCUT2D eigenvalue weighted by Gasteiger charge is 2.14. The molecule has 0 bridgehead atoms. The highest BCUT2D eigenvalue weighted by molar-refractivity contribution is 5.66. The minimum absolute atomic E-state index is 0.707. The summed E-state index contributed by atoms with van der Waals surface area (Å²) in [7, 11) is 0. The molecule has 0 saturated heterocycles. The topological polar surface area (TPSA) is 41.0 Å². The van der Waals surface area contributed by atoms with Gasteiger partial charge in [0.1, 0.15) is 0 Å². The van der Waals surface area contributed by atoms with Crippen LogP contribution in [0.15, 0.2) is 54.9 Å². The number of anilines is 1. The molecule has 0 spiro atoms. The Labute approximate surface area is 106 Å². The summed E-state index contributed by atoms with van der Waals surface area (Å²) in [4.78, 5) is 8.51. The predicted octanol–water partition coefficient (Wildman–Crippen LogP) is 2.23. The maximum absolute atomic E-state index is 4.26. The summed E-state index contributed by atoms with van der Waals surface area (Å²) in [5.74, 6) is 0.707. The van der Waals surface area contributed by atoms with Gasteiger partial charge in [-0.05, 0) is 18.1 Å². The molecule has 0 aliphatic carbocycles. The van der Waals surface area contributed by atoms with Gasteiger partial charge in [-0.15, -0.1) is 0 Å². The lowest BCUT2D eigenvalue weighted by Gasteiger charge is -2.29. The van der Waals surface area contributed by atoms with Gasteiger partial charge in [0.25, 0.3) is 0 Å². The summed E-state index contributed by atoms with van der Waals surface area (Å²) in [6, 6.07) is 12.1. The number of rotatable bonds is 2. The maximum atomic E-state index is 4.26. The van der Waals surface area contributed by atoms with Crippen LogP contribution in [0.1, 0.15) is 12.0 Å². The monoisotopic (exact) mass is 238 g/mol. The fourth-order valence-electron chi connectivity index (χ4n) is 1.97. The molecule has 4 heteroatoms. The van der Waals surface area contributed by atoms with Gasteiger partial charge in [0.2, 0.25) is 5.95 Å². The maximum Gasteiger partial charge on any atom is 0.244 e. The Hall–Kier alpha value is -2.36. The van der Waals surface area contributed by atoms with Crippen LogP contribution in [0.4, 0.5) is 5.95 Å². The van der Waals surface area contributed by atoms with E-state index in [0.29, 0.717) is 5.95 Å². The molecule has 1 aromatic carbocycles. The van der Waals surface area contributed by atoms with E-state index in [0.717, 1.165) is 18.7 Å². The fourth-order valence-corrected chi connectivity index (χ4v) is 1.97. The van der Waals surface area contributed by atoms with Gasteiger partial charge in [0.15, 0.2) is 0 Å². The number of hydrogen-bond acceptors (Lipinski definition) is 4.